The summed E-state index contributed by atoms with van der Waals surface area (Å²) < 4.78 is 20.2. The zero-order valence-electron chi connectivity index (χ0n) is 12.5. The second-order valence-corrected chi connectivity index (χ2v) is 5.06. The van der Waals surface area contributed by atoms with Gasteiger partial charge in [0.15, 0.2) is 5.82 Å². The lowest BCUT2D eigenvalue weighted by Crippen LogP contribution is -2.22. The maximum absolute atomic E-state index is 14.7. The van der Waals surface area contributed by atoms with Crippen molar-refractivity contribution in [2.45, 2.75) is 20.4 Å². The van der Waals surface area contributed by atoms with Crippen LogP contribution in [-0.2, 0) is 6.54 Å². The van der Waals surface area contributed by atoms with E-state index in [2.05, 4.69) is 16.9 Å². The van der Waals surface area contributed by atoms with Crippen molar-refractivity contribution in [1.82, 2.24) is 10.3 Å². The molecule has 0 bridgehead atoms. The standard InChI is InChI=1S/C17H19FN2O/c1-11(2)9-14(17-12(3)6-8-21-17)13-5-7-20-15(10-19-4)16(13)18/h5-9,19H,3,10H2,1-2,4H3/b17-14-. The average Bonchev–Trinajstić information content (AvgIpc) is 2.85. The monoisotopic (exact) mass is 286 g/mol. The lowest BCUT2D eigenvalue weighted by molar-refractivity contribution is 0.527. The molecule has 0 atom stereocenters. The Morgan fingerprint density at radius 1 is 1.43 bits per heavy atom. The average molecular weight is 286 g/mol. The van der Waals surface area contributed by atoms with E-state index in [1.54, 1.807) is 31.6 Å². The first-order valence-corrected chi connectivity index (χ1v) is 6.74. The van der Waals surface area contributed by atoms with Gasteiger partial charge >= 0.3 is 0 Å². The molecule has 0 aromatic carbocycles. The van der Waals surface area contributed by atoms with Gasteiger partial charge < -0.3 is 9.73 Å². The van der Waals surface area contributed by atoms with Crippen LogP contribution in [0.3, 0.4) is 0 Å². The maximum Gasteiger partial charge on any atom is 0.153 e. The van der Waals surface area contributed by atoms with Gasteiger partial charge in [-0.2, -0.15) is 0 Å². The molecular formula is C17H19FN2O. The predicted octanol–water partition coefficient (Wildman–Crippen LogP) is 2.11. The third kappa shape index (κ3) is 3.28. The van der Waals surface area contributed by atoms with Gasteiger partial charge in [0, 0.05) is 29.1 Å². The van der Waals surface area contributed by atoms with Crippen molar-refractivity contribution in [3.05, 3.63) is 64.0 Å². The number of nitrogens with one attached hydrogen (secondary N) is 1. The molecule has 2 aromatic heterocycles. The van der Waals surface area contributed by atoms with Crippen molar-refractivity contribution >= 4 is 12.2 Å². The van der Waals surface area contributed by atoms with Crippen LogP contribution >= 0.6 is 0 Å². The molecule has 0 aliphatic rings. The van der Waals surface area contributed by atoms with Gasteiger partial charge in [0.25, 0.3) is 0 Å². The van der Waals surface area contributed by atoms with Crippen molar-refractivity contribution in [1.29, 1.82) is 0 Å². The predicted molar refractivity (Wildman–Crippen MR) is 82.4 cm³/mol. The van der Waals surface area contributed by atoms with Gasteiger partial charge in [0.05, 0.1) is 12.0 Å². The Hall–Kier alpha value is -2.20. The maximum atomic E-state index is 14.7. The number of hydrogen-bond donors (Lipinski definition) is 1. The molecule has 0 saturated heterocycles. The molecule has 1 N–H and O–H groups in total. The van der Waals surface area contributed by atoms with E-state index in [9.17, 15) is 4.39 Å². The fourth-order valence-corrected chi connectivity index (χ4v) is 2.11. The Balaban J connectivity index is 2.77. The summed E-state index contributed by atoms with van der Waals surface area (Å²) in [5, 5.41) is 3.65. The SMILES string of the molecule is C=c1cco/c1=C(/C=C(C)C)c1ccnc(CNC)c1F. The number of rotatable bonds is 4. The zero-order valence-corrected chi connectivity index (χ0v) is 12.5. The van der Waals surface area contributed by atoms with Crippen LogP contribution in [0.4, 0.5) is 4.39 Å². The molecular weight excluding hydrogens is 267 g/mol. The van der Waals surface area contributed by atoms with E-state index < -0.39 is 0 Å². The Kier molecular flexibility index (Phi) is 4.70. The molecule has 2 rings (SSSR count). The molecule has 0 unspecified atom stereocenters. The van der Waals surface area contributed by atoms with Crippen LogP contribution in [0.1, 0.15) is 25.1 Å². The molecule has 4 heteroatoms. The highest BCUT2D eigenvalue weighted by molar-refractivity contribution is 5.73. The second kappa shape index (κ2) is 6.50. The summed E-state index contributed by atoms with van der Waals surface area (Å²) in [6, 6.07) is 3.42. The largest absolute Gasteiger partial charge is 0.464 e. The minimum Gasteiger partial charge on any atom is -0.464 e. The fourth-order valence-electron chi connectivity index (χ4n) is 2.11. The normalized spacial score (nSPS) is 12.2. The van der Waals surface area contributed by atoms with Gasteiger partial charge in [0.1, 0.15) is 5.42 Å². The number of aromatic nitrogens is 1. The minimum atomic E-state index is -0.338. The summed E-state index contributed by atoms with van der Waals surface area (Å²) in [6.07, 6.45) is 5.06. The van der Waals surface area contributed by atoms with Gasteiger partial charge in [-0.15, -0.1) is 0 Å². The van der Waals surface area contributed by atoms with Gasteiger partial charge in [-0.3, -0.25) is 4.98 Å². The number of pyridine rings is 1. The van der Waals surface area contributed by atoms with Gasteiger partial charge in [-0.1, -0.05) is 18.2 Å². The summed E-state index contributed by atoms with van der Waals surface area (Å²) in [5.41, 5.74) is 3.16. The molecule has 0 aliphatic carbocycles. The molecule has 0 saturated carbocycles. The van der Waals surface area contributed by atoms with Gasteiger partial charge in [-0.05, 0) is 33.0 Å². The van der Waals surface area contributed by atoms with Crippen LogP contribution in [0.25, 0.3) is 12.2 Å². The first-order valence-electron chi connectivity index (χ1n) is 6.74. The lowest BCUT2D eigenvalue weighted by Gasteiger charge is -2.08. The second-order valence-electron chi connectivity index (χ2n) is 5.06. The summed E-state index contributed by atoms with van der Waals surface area (Å²) in [6.45, 7) is 8.22. The molecule has 0 amide bonds. The minimum absolute atomic E-state index is 0.338. The zero-order chi connectivity index (χ0) is 15.4. The van der Waals surface area contributed by atoms with E-state index in [0.29, 0.717) is 28.8 Å². The van der Waals surface area contributed by atoms with Crippen LogP contribution in [-0.4, -0.2) is 12.0 Å². The highest BCUT2D eigenvalue weighted by atomic mass is 19.1. The first-order chi connectivity index (χ1) is 10.0. The first kappa shape index (κ1) is 15.2. The Morgan fingerprint density at radius 3 is 2.76 bits per heavy atom. The smallest absolute Gasteiger partial charge is 0.153 e. The molecule has 0 radical (unpaired) electrons. The molecule has 3 nitrogen and oxygen atoms in total. The third-order valence-electron chi connectivity index (χ3n) is 3.02. The van der Waals surface area contributed by atoms with E-state index in [1.165, 1.54) is 0 Å². The molecule has 21 heavy (non-hydrogen) atoms. The van der Waals surface area contributed by atoms with Crippen LogP contribution in [0, 0.1) is 5.82 Å². The molecule has 110 valence electrons. The van der Waals surface area contributed by atoms with Gasteiger partial charge in [-0.25, -0.2) is 4.39 Å². The number of nitrogens with zero attached hydrogens (tertiary/aromatic N) is 1. The number of halogens is 1. The quantitative estimate of drug-likeness (QED) is 0.935. The Morgan fingerprint density at radius 2 is 2.19 bits per heavy atom. The van der Waals surface area contributed by atoms with Crippen molar-refractivity contribution in [2.75, 3.05) is 7.05 Å². The topological polar surface area (TPSA) is 38.1 Å². The number of furan rings is 1. The van der Waals surface area contributed by atoms with Crippen LogP contribution in [0.15, 0.2) is 40.7 Å². The third-order valence-corrected chi connectivity index (χ3v) is 3.02. The Bertz CT molecular complexity index is 770. The van der Waals surface area contributed by atoms with Crippen molar-refractivity contribution in [2.24, 2.45) is 0 Å². The summed E-state index contributed by atoms with van der Waals surface area (Å²) in [4.78, 5) is 4.08. The van der Waals surface area contributed by atoms with E-state index in [0.717, 1.165) is 10.8 Å². The molecule has 0 spiro atoms. The summed E-state index contributed by atoms with van der Waals surface area (Å²) in [7, 11) is 1.76. The lowest BCUT2D eigenvalue weighted by atomic mass is 10.0. The molecule has 0 fully saturated rings. The van der Waals surface area contributed by atoms with Crippen molar-refractivity contribution < 1.29 is 8.81 Å². The number of hydrogen-bond acceptors (Lipinski definition) is 3. The van der Waals surface area contributed by atoms with Crippen LogP contribution < -0.4 is 16.0 Å². The molecule has 2 heterocycles. The molecule has 0 aliphatic heterocycles. The molecule has 2 aromatic rings. The highest BCUT2D eigenvalue weighted by Gasteiger charge is 2.13. The van der Waals surface area contributed by atoms with E-state index in [4.69, 9.17) is 4.42 Å². The fraction of sp³-hybridized carbons (Fsp3) is 0.235. The summed E-state index contributed by atoms with van der Waals surface area (Å²) >= 11 is 0. The summed E-state index contributed by atoms with van der Waals surface area (Å²) in [5.74, 6) is -0.338. The van der Waals surface area contributed by atoms with E-state index in [-0.39, 0.29) is 5.82 Å². The highest BCUT2D eigenvalue weighted by Crippen LogP contribution is 2.20. The number of allylic oxidation sites excluding steroid dienone is 2. The van der Waals surface area contributed by atoms with Crippen LogP contribution in [0.2, 0.25) is 0 Å². The van der Waals surface area contributed by atoms with Crippen molar-refractivity contribution in [3.8, 4) is 0 Å². The van der Waals surface area contributed by atoms with Crippen molar-refractivity contribution in [3.63, 3.8) is 0 Å². The van der Waals surface area contributed by atoms with Gasteiger partial charge in [0.2, 0.25) is 0 Å². The Labute approximate surface area is 123 Å². The van der Waals surface area contributed by atoms with E-state index in [1.807, 2.05) is 19.9 Å². The van der Waals surface area contributed by atoms with Crippen LogP contribution in [0.5, 0.6) is 0 Å². The van der Waals surface area contributed by atoms with E-state index >= 15 is 0 Å².